The number of hydrogen-bond acceptors (Lipinski definition) is 4. The number of halogens is 1. The first kappa shape index (κ1) is 19.4. The molecule has 0 aliphatic carbocycles. The lowest BCUT2D eigenvalue weighted by Crippen LogP contribution is -2.36. The maximum absolute atomic E-state index is 4.26. The van der Waals surface area contributed by atoms with Crippen molar-refractivity contribution in [2.75, 3.05) is 7.05 Å². The summed E-state index contributed by atoms with van der Waals surface area (Å²) in [6, 6.07) is 10.5. The Bertz CT molecular complexity index is 770. The van der Waals surface area contributed by atoms with Crippen LogP contribution in [0.2, 0.25) is 0 Å². The van der Waals surface area contributed by atoms with E-state index >= 15 is 0 Å². The van der Waals surface area contributed by atoms with E-state index in [9.17, 15) is 0 Å². The Labute approximate surface area is 168 Å². The normalized spacial score (nSPS) is 11.0. The molecule has 0 fully saturated rings. The molecule has 0 aliphatic rings. The van der Waals surface area contributed by atoms with Gasteiger partial charge in [0, 0.05) is 20.1 Å². The van der Waals surface area contributed by atoms with E-state index in [0.29, 0.717) is 6.54 Å². The summed E-state index contributed by atoms with van der Waals surface area (Å²) < 4.78 is 1.81. The molecule has 6 nitrogen and oxygen atoms in total. The third-order valence-electron chi connectivity index (χ3n) is 3.53. The topological polar surface area (TPSA) is 67.1 Å². The van der Waals surface area contributed by atoms with E-state index in [1.807, 2.05) is 4.68 Å². The van der Waals surface area contributed by atoms with E-state index in [-0.39, 0.29) is 24.0 Å². The average molecular weight is 468 g/mol. The fourth-order valence-electron chi connectivity index (χ4n) is 2.32. The second-order valence-corrected chi connectivity index (χ2v) is 6.10. The van der Waals surface area contributed by atoms with Gasteiger partial charge in [0.25, 0.3) is 0 Å². The van der Waals surface area contributed by atoms with Crippen LogP contribution in [0.4, 0.5) is 0 Å². The van der Waals surface area contributed by atoms with Crippen molar-refractivity contribution in [3.8, 4) is 0 Å². The smallest absolute Gasteiger partial charge is 0.191 e. The standard InChI is InChI=1S/C17H20N6S.HI/c1-18-17(21-9-16-5-6-24-11-16)20-8-14-3-2-4-15(7-14)10-23-13-19-12-22-23;/h2-7,11-13H,8-10H2,1H3,(H2,18,20,21);1H. The van der Waals surface area contributed by atoms with Crippen molar-refractivity contribution in [1.82, 2.24) is 25.4 Å². The van der Waals surface area contributed by atoms with E-state index in [4.69, 9.17) is 0 Å². The fraction of sp³-hybridized carbons (Fsp3) is 0.235. The van der Waals surface area contributed by atoms with Crippen LogP contribution in [0.25, 0.3) is 0 Å². The highest BCUT2D eigenvalue weighted by molar-refractivity contribution is 14.0. The lowest BCUT2D eigenvalue weighted by atomic mass is 10.1. The van der Waals surface area contributed by atoms with Crippen molar-refractivity contribution < 1.29 is 0 Å². The fourth-order valence-corrected chi connectivity index (χ4v) is 2.99. The minimum Gasteiger partial charge on any atom is -0.352 e. The largest absolute Gasteiger partial charge is 0.352 e. The number of thiophene rings is 1. The van der Waals surface area contributed by atoms with Crippen molar-refractivity contribution in [3.05, 3.63) is 70.4 Å². The Hall–Kier alpha value is -1.94. The average Bonchev–Trinajstić information content (AvgIpc) is 3.29. The highest BCUT2D eigenvalue weighted by Gasteiger charge is 2.01. The van der Waals surface area contributed by atoms with Gasteiger partial charge in [-0.1, -0.05) is 24.3 Å². The number of nitrogens with zero attached hydrogens (tertiary/aromatic N) is 4. The molecule has 3 rings (SSSR count). The van der Waals surface area contributed by atoms with Gasteiger partial charge in [-0.2, -0.15) is 16.4 Å². The monoisotopic (exact) mass is 468 g/mol. The van der Waals surface area contributed by atoms with Crippen LogP contribution in [0.3, 0.4) is 0 Å². The van der Waals surface area contributed by atoms with Crippen molar-refractivity contribution in [2.45, 2.75) is 19.6 Å². The van der Waals surface area contributed by atoms with Crippen LogP contribution < -0.4 is 10.6 Å². The minimum absolute atomic E-state index is 0. The third-order valence-corrected chi connectivity index (χ3v) is 4.26. The van der Waals surface area contributed by atoms with Crippen LogP contribution in [0.1, 0.15) is 16.7 Å². The number of rotatable bonds is 6. The molecule has 3 aromatic rings. The first-order chi connectivity index (χ1) is 11.8. The van der Waals surface area contributed by atoms with E-state index < -0.39 is 0 Å². The minimum atomic E-state index is 0. The van der Waals surface area contributed by atoms with Crippen molar-refractivity contribution >= 4 is 41.3 Å². The summed E-state index contributed by atoms with van der Waals surface area (Å²) in [6.45, 7) is 2.21. The molecule has 8 heteroatoms. The van der Waals surface area contributed by atoms with E-state index in [2.05, 4.69) is 66.8 Å². The molecule has 0 atom stereocenters. The number of aliphatic imine (C=N–C) groups is 1. The Morgan fingerprint density at radius 1 is 1.16 bits per heavy atom. The Morgan fingerprint density at radius 2 is 1.96 bits per heavy atom. The molecular weight excluding hydrogens is 447 g/mol. The number of hydrogen-bond donors (Lipinski definition) is 2. The van der Waals surface area contributed by atoms with Crippen molar-refractivity contribution in [2.24, 2.45) is 4.99 Å². The van der Waals surface area contributed by atoms with Gasteiger partial charge in [-0.05, 0) is 33.5 Å². The van der Waals surface area contributed by atoms with E-state index in [0.717, 1.165) is 19.0 Å². The number of aromatic nitrogens is 3. The molecule has 0 saturated heterocycles. The van der Waals surface area contributed by atoms with Gasteiger partial charge in [-0.25, -0.2) is 9.67 Å². The van der Waals surface area contributed by atoms with Crippen LogP contribution in [-0.2, 0) is 19.6 Å². The second-order valence-electron chi connectivity index (χ2n) is 5.32. The Morgan fingerprint density at radius 3 is 2.64 bits per heavy atom. The van der Waals surface area contributed by atoms with Crippen molar-refractivity contribution in [1.29, 1.82) is 0 Å². The van der Waals surface area contributed by atoms with Crippen LogP contribution >= 0.6 is 35.3 Å². The summed E-state index contributed by atoms with van der Waals surface area (Å²) in [4.78, 5) is 8.23. The van der Waals surface area contributed by atoms with Gasteiger partial charge in [0.2, 0.25) is 0 Å². The molecule has 0 aliphatic heterocycles. The Kier molecular flexibility index (Phi) is 7.86. The zero-order valence-corrected chi connectivity index (χ0v) is 17.1. The molecule has 2 N–H and O–H groups in total. The maximum atomic E-state index is 4.26. The predicted octanol–water partition coefficient (Wildman–Crippen LogP) is 2.87. The van der Waals surface area contributed by atoms with Crippen LogP contribution in [0.15, 0.2) is 58.7 Å². The quantitative estimate of drug-likeness (QED) is 0.332. The number of guanidine groups is 1. The molecular formula is C17H21IN6S. The maximum Gasteiger partial charge on any atom is 0.191 e. The van der Waals surface area contributed by atoms with Crippen molar-refractivity contribution in [3.63, 3.8) is 0 Å². The van der Waals surface area contributed by atoms with Crippen LogP contribution in [0, 0.1) is 0 Å². The summed E-state index contributed by atoms with van der Waals surface area (Å²) in [5.41, 5.74) is 3.66. The number of benzene rings is 1. The molecule has 0 radical (unpaired) electrons. The van der Waals surface area contributed by atoms with E-state index in [1.54, 1.807) is 31.0 Å². The molecule has 0 amide bonds. The van der Waals surface area contributed by atoms with Gasteiger partial charge < -0.3 is 10.6 Å². The summed E-state index contributed by atoms with van der Waals surface area (Å²) >= 11 is 1.70. The molecule has 132 valence electrons. The Balaban J connectivity index is 0.00000225. The summed E-state index contributed by atoms with van der Waals surface area (Å²) in [7, 11) is 1.78. The van der Waals surface area contributed by atoms with Crippen LogP contribution in [-0.4, -0.2) is 27.8 Å². The molecule has 25 heavy (non-hydrogen) atoms. The van der Waals surface area contributed by atoms with E-state index in [1.165, 1.54) is 16.7 Å². The zero-order chi connectivity index (χ0) is 16.6. The summed E-state index contributed by atoms with van der Waals surface area (Å²) in [5, 5.41) is 15.0. The highest BCUT2D eigenvalue weighted by Crippen LogP contribution is 2.07. The molecule has 2 aromatic heterocycles. The predicted molar refractivity (Wildman–Crippen MR) is 112 cm³/mol. The first-order valence-corrected chi connectivity index (χ1v) is 8.63. The third kappa shape index (κ3) is 6.13. The lowest BCUT2D eigenvalue weighted by molar-refractivity contribution is 0.683. The van der Waals surface area contributed by atoms with Gasteiger partial charge in [0.15, 0.2) is 5.96 Å². The first-order valence-electron chi connectivity index (χ1n) is 7.69. The van der Waals surface area contributed by atoms with Gasteiger partial charge in [-0.3, -0.25) is 4.99 Å². The molecule has 1 aromatic carbocycles. The van der Waals surface area contributed by atoms with Gasteiger partial charge in [0.05, 0.1) is 6.54 Å². The molecule has 0 saturated carbocycles. The lowest BCUT2D eigenvalue weighted by Gasteiger charge is -2.12. The number of nitrogens with one attached hydrogen (secondary N) is 2. The second kappa shape index (κ2) is 10.1. The molecule has 0 unspecified atom stereocenters. The van der Waals surface area contributed by atoms with Gasteiger partial charge >= 0.3 is 0 Å². The molecule has 0 bridgehead atoms. The highest BCUT2D eigenvalue weighted by atomic mass is 127. The zero-order valence-electron chi connectivity index (χ0n) is 13.9. The summed E-state index contributed by atoms with van der Waals surface area (Å²) in [6.07, 6.45) is 3.27. The molecule has 0 spiro atoms. The summed E-state index contributed by atoms with van der Waals surface area (Å²) in [5.74, 6) is 0.794. The van der Waals surface area contributed by atoms with Crippen LogP contribution in [0.5, 0.6) is 0 Å². The van der Waals surface area contributed by atoms with Gasteiger partial charge in [-0.15, -0.1) is 24.0 Å². The van der Waals surface area contributed by atoms with Gasteiger partial charge in [0.1, 0.15) is 12.7 Å². The molecule has 2 heterocycles. The SMILES string of the molecule is CN=C(NCc1ccsc1)NCc1cccc(Cn2cncn2)c1.I.